The highest BCUT2D eigenvalue weighted by Gasteiger charge is 2.47. The number of carbonyl (C=O) groups is 2. The van der Waals surface area contributed by atoms with Crippen LogP contribution in [0.5, 0.6) is 11.5 Å². The summed E-state index contributed by atoms with van der Waals surface area (Å²) in [6.45, 7) is 2.07. The van der Waals surface area contributed by atoms with Crippen LogP contribution in [0.15, 0.2) is 53.7 Å². The lowest BCUT2D eigenvalue weighted by Gasteiger charge is -2.25. The molecule has 0 radical (unpaired) electrons. The summed E-state index contributed by atoms with van der Waals surface area (Å²) in [6, 6.07) is 7.72. The third-order valence-electron chi connectivity index (χ3n) is 5.49. The molecule has 33 heavy (non-hydrogen) atoms. The number of aliphatic hydroxyl groups excluding tert-OH is 1. The highest BCUT2D eigenvalue weighted by Crippen LogP contribution is 2.45. The zero-order valence-electron chi connectivity index (χ0n) is 18.2. The van der Waals surface area contributed by atoms with Gasteiger partial charge in [0.1, 0.15) is 23.3 Å². The van der Waals surface area contributed by atoms with Gasteiger partial charge in [-0.25, -0.2) is 0 Å². The Morgan fingerprint density at radius 1 is 1.21 bits per heavy atom. The van der Waals surface area contributed by atoms with Crippen molar-refractivity contribution in [3.63, 3.8) is 0 Å². The maximum atomic E-state index is 13.2. The van der Waals surface area contributed by atoms with Crippen molar-refractivity contribution in [3.05, 3.63) is 80.3 Å². The lowest BCUT2D eigenvalue weighted by atomic mass is 9.97. The summed E-state index contributed by atoms with van der Waals surface area (Å²) in [6.07, 6.45) is 3.28. The molecule has 4 rings (SSSR count). The number of methoxy groups -OCH3 is 2. The molecular formula is C24H21ClN2O5S. The van der Waals surface area contributed by atoms with E-state index in [0.717, 1.165) is 16.0 Å². The first-order chi connectivity index (χ1) is 15.9. The lowest BCUT2D eigenvalue weighted by molar-refractivity contribution is -0.140. The Hall–Kier alpha value is -3.36. The molecule has 1 amide bonds. The van der Waals surface area contributed by atoms with E-state index >= 15 is 0 Å². The number of likely N-dealkylation sites (tertiary alicyclic amines) is 1. The zero-order chi connectivity index (χ0) is 23.7. The summed E-state index contributed by atoms with van der Waals surface area (Å²) in [5.74, 6) is -1.22. The summed E-state index contributed by atoms with van der Waals surface area (Å²) in [5, 5.41) is 13.5. The maximum Gasteiger partial charge on any atom is 0.295 e. The summed E-state index contributed by atoms with van der Waals surface area (Å²) in [4.78, 5) is 32.7. The molecule has 1 N–H and O–H groups in total. The second-order valence-electron chi connectivity index (χ2n) is 7.44. The predicted molar refractivity (Wildman–Crippen MR) is 126 cm³/mol. The van der Waals surface area contributed by atoms with E-state index in [0.29, 0.717) is 5.75 Å². The number of thiophene rings is 1. The Morgan fingerprint density at radius 3 is 2.58 bits per heavy atom. The topological polar surface area (TPSA) is 89.0 Å². The van der Waals surface area contributed by atoms with E-state index in [-0.39, 0.29) is 34.2 Å². The fourth-order valence-electron chi connectivity index (χ4n) is 3.86. The van der Waals surface area contributed by atoms with E-state index < -0.39 is 17.7 Å². The van der Waals surface area contributed by atoms with Gasteiger partial charge in [0.15, 0.2) is 0 Å². The average Bonchev–Trinajstić information content (AvgIpc) is 3.35. The van der Waals surface area contributed by atoms with Crippen molar-refractivity contribution in [2.45, 2.75) is 19.5 Å². The number of aryl methyl sites for hydroxylation is 1. The van der Waals surface area contributed by atoms with Crippen LogP contribution in [0.4, 0.5) is 0 Å². The number of carbonyl (C=O) groups excluding carboxylic acids is 2. The minimum Gasteiger partial charge on any atom is -0.507 e. The van der Waals surface area contributed by atoms with Crippen LogP contribution in [0.3, 0.4) is 0 Å². The number of aliphatic hydroxyl groups is 1. The molecule has 1 aliphatic heterocycles. The van der Waals surface area contributed by atoms with Crippen LogP contribution in [0.25, 0.3) is 5.76 Å². The molecule has 0 bridgehead atoms. The molecule has 1 atom stereocenters. The maximum absolute atomic E-state index is 13.2. The Kier molecular flexibility index (Phi) is 6.40. The third-order valence-corrected chi connectivity index (χ3v) is 6.86. The number of Topliss-reactive ketones (excluding diaryl/α,β-unsaturated/α-hetero) is 1. The van der Waals surface area contributed by atoms with Crippen molar-refractivity contribution in [1.82, 2.24) is 9.88 Å². The van der Waals surface area contributed by atoms with Crippen LogP contribution in [0.1, 0.15) is 27.6 Å². The number of hydrogen-bond acceptors (Lipinski definition) is 7. The van der Waals surface area contributed by atoms with Crippen LogP contribution in [-0.2, 0) is 16.1 Å². The molecule has 1 aliphatic rings. The van der Waals surface area contributed by atoms with Crippen molar-refractivity contribution in [2.24, 2.45) is 0 Å². The minimum atomic E-state index is -0.775. The number of ketones is 1. The summed E-state index contributed by atoms with van der Waals surface area (Å²) in [5.41, 5.74) is 1.85. The SMILES string of the molecule is COc1cc(OC)c(/C(O)=C2\C(=O)C(=O)N(Cc3cccnc3)C2c2sccc2C)cc1Cl. The summed E-state index contributed by atoms with van der Waals surface area (Å²) >= 11 is 7.71. The molecule has 0 aliphatic carbocycles. The minimum absolute atomic E-state index is 0.0195. The van der Waals surface area contributed by atoms with Gasteiger partial charge in [-0.05, 0) is 41.6 Å². The van der Waals surface area contributed by atoms with Gasteiger partial charge in [-0.15, -0.1) is 11.3 Å². The fraction of sp³-hybridized carbons (Fsp3) is 0.208. The van der Waals surface area contributed by atoms with E-state index in [1.165, 1.54) is 42.6 Å². The molecule has 9 heteroatoms. The molecule has 170 valence electrons. The number of hydrogen-bond donors (Lipinski definition) is 1. The number of rotatable bonds is 6. The van der Waals surface area contributed by atoms with Gasteiger partial charge < -0.3 is 19.5 Å². The van der Waals surface area contributed by atoms with Gasteiger partial charge in [-0.3, -0.25) is 14.6 Å². The smallest absolute Gasteiger partial charge is 0.295 e. The second kappa shape index (κ2) is 9.25. The normalized spacial score (nSPS) is 17.5. The van der Waals surface area contributed by atoms with Gasteiger partial charge in [0.2, 0.25) is 0 Å². The Bertz CT molecular complexity index is 1250. The fourth-order valence-corrected chi connectivity index (χ4v) is 5.15. The van der Waals surface area contributed by atoms with Gasteiger partial charge in [-0.2, -0.15) is 0 Å². The number of aromatic nitrogens is 1. The summed E-state index contributed by atoms with van der Waals surface area (Å²) < 4.78 is 10.6. The Labute approximate surface area is 199 Å². The van der Waals surface area contributed by atoms with E-state index in [1.54, 1.807) is 18.5 Å². The number of pyridine rings is 1. The van der Waals surface area contributed by atoms with Gasteiger partial charge in [-0.1, -0.05) is 17.7 Å². The number of amides is 1. The first-order valence-electron chi connectivity index (χ1n) is 10.0. The van der Waals surface area contributed by atoms with Gasteiger partial charge >= 0.3 is 0 Å². The molecule has 3 heterocycles. The third kappa shape index (κ3) is 4.07. The quantitative estimate of drug-likeness (QED) is 0.309. The Balaban J connectivity index is 1.91. The first-order valence-corrected chi connectivity index (χ1v) is 11.3. The zero-order valence-corrected chi connectivity index (χ0v) is 19.7. The van der Waals surface area contributed by atoms with Gasteiger partial charge in [0.05, 0.1) is 30.4 Å². The van der Waals surface area contributed by atoms with Crippen molar-refractivity contribution in [2.75, 3.05) is 14.2 Å². The van der Waals surface area contributed by atoms with Crippen molar-refractivity contribution < 1.29 is 24.2 Å². The predicted octanol–water partition coefficient (Wildman–Crippen LogP) is 4.74. The first kappa shape index (κ1) is 22.8. The average molecular weight is 485 g/mol. The van der Waals surface area contributed by atoms with E-state index in [9.17, 15) is 14.7 Å². The monoisotopic (exact) mass is 484 g/mol. The molecule has 1 saturated heterocycles. The molecule has 2 aromatic heterocycles. The molecule has 0 spiro atoms. The van der Waals surface area contributed by atoms with Crippen molar-refractivity contribution >= 4 is 40.4 Å². The molecular weight excluding hydrogens is 464 g/mol. The number of ether oxygens (including phenoxy) is 2. The molecule has 1 fully saturated rings. The molecule has 1 unspecified atom stereocenters. The molecule has 1 aromatic carbocycles. The highest BCUT2D eigenvalue weighted by atomic mass is 35.5. The van der Waals surface area contributed by atoms with E-state index in [1.807, 2.05) is 24.4 Å². The second-order valence-corrected chi connectivity index (χ2v) is 8.80. The van der Waals surface area contributed by atoms with Crippen LogP contribution < -0.4 is 9.47 Å². The lowest BCUT2D eigenvalue weighted by Crippen LogP contribution is -2.29. The number of halogens is 1. The molecule has 3 aromatic rings. The number of nitrogens with zero attached hydrogens (tertiary/aromatic N) is 2. The van der Waals surface area contributed by atoms with Crippen LogP contribution in [0.2, 0.25) is 5.02 Å². The van der Waals surface area contributed by atoms with Gasteiger partial charge in [0, 0.05) is 29.9 Å². The van der Waals surface area contributed by atoms with Crippen LogP contribution in [0, 0.1) is 6.92 Å². The summed E-state index contributed by atoms with van der Waals surface area (Å²) in [7, 11) is 2.89. The Morgan fingerprint density at radius 2 is 1.97 bits per heavy atom. The molecule has 0 saturated carbocycles. The largest absolute Gasteiger partial charge is 0.507 e. The van der Waals surface area contributed by atoms with Crippen LogP contribution in [-0.4, -0.2) is 40.9 Å². The van der Waals surface area contributed by atoms with E-state index in [2.05, 4.69) is 4.98 Å². The van der Waals surface area contributed by atoms with Gasteiger partial charge in [0.25, 0.3) is 11.7 Å². The number of benzene rings is 1. The van der Waals surface area contributed by atoms with Crippen molar-refractivity contribution in [1.29, 1.82) is 0 Å². The van der Waals surface area contributed by atoms with Crippen molar-refractivity contribution in [3.8, 4) is 11.5 Å². The standard InChI is InChI=1S/C24H21ClN2O5S/c1-13-6-8-33-23(13)20-19(21(28)15-9-16(25)18(32-3)10-17(15)31-2)22(29)24(30)27(20)12-14-5-4-7-26-11-14/h4-11,20,28H,12H2,1-3H3/b21-19+. The highest BCUT2D eigenvalue weighted by molar-refractivity contribution is 7.10. The van der Waals surface area contributed by atoms with E-state index in [4.69, 9.17) is 21.1 Å². The molecule has 7 nitrogen and oxygen atoms in total. The van der Waals surface area contributed by atoms with Crippen LogP contribution >= 0.6 is 22.9 Å².